The second kappa shape index (κ2) is 3.97. The van der Waals surface area contributed by atoms with E-state index in [-0.39, 0.29) is 11.3 Å². The van der Waals surface area contributed by atoms with E-state index in [0.29, 0.717) is 0 Å². The van der Waals surface area contributed by atoms with Gasteiger partial charge in [-0.3, -0.25) is 0 Å². The lowest BCUT2D eigenvalue weighted by molar-refractivity contribution is 0.672. The fraction of sp³-hybridized carbons (Fsp3) is 0.500. The van der Waals surface area contributed by atoms with Gasteiger partial charge in [0.25, 0.3) is 0 Å². The molecule has 2 atom stereocenters. The second-order valence-corrected chi connectivity index (χ2v) is 7.20. The highest BCUT2D eigenvalue weighted by Gasteiger charge is 2.26. The molecule has 3 heteroatoms. The molecule has 0 bridgehead atoms. The van der Waals surface area contributed by atoms with Crippen LogP contribution in [0.25, 0.3) is 0 Å². The van der Waals surface area contributed by atoms with Crippen LogP contribution in [0, 0.1) is 0 Å². The zero-order valence-corrected chi connectivity index (χ0v) is 10.0. The number of hydrogen-bond acceptors (Lipinski definition) is 2. The molecule has 2 rings (SSSR count). The van der Waals surface area contributed by atoms with Crippen LogP contribution in [-0.4, -0.2) is 15.2 Å². The van der Waals surface area contributed by atoms with Crippen LogP contribution in [-0.2, 0) is 9.73 Å². The first-order valence-electron chi connectivity index (χ1n) is 5.39. The van der Waals surface area contributed by atoms with Crippen LogP contribution in [0.5, 0.6) is 0 Å². The van der Waals surface area contributed by atoms with E-state index in [4.69, 9.17) is 0 Å². The molecule has 0 aromatic heterocycles. The topological polar surface area (TPSA) is 29.4 Å². The quantitative estimate of drug-likeness (QED) is 0.758. The van der Waals surface area contributed by atoms with Crippen molar-refractivity contribution < 1.29 is 4.21 Å². The lowest BCUT2D eigenvalue weighted by Gasteiger charge is -2.07. The lowest BCUT2D eigenvalue weighted by atomic mass is 10.1. The van der Waals surface area contributed by atoms with Crippen LogP contribution in [0.3, 0.4) is 0 Å². The monoisotopic (exact) mass is 223 g/mol. The molecule has 1 aromatic carbocycles. The molecular weight excluding hydrogens is 206 g/mol. The zero-order valence-electron chi connectivity index (χ0n) is 9.22. The Morgan fingerprint density at radius 3 is 2.53 bits per heavy atom. The summed E-state index contributed by atoms with van der Waals surface area (Å²) in [5.74, 6) is 0.754. The molecule has 0 saturated carbocycles. The maximum atomic E-state index is 12.3. The Morgan fingerprint density at radius 2 is 2.00 bits per heavy atom. The predicted molar refractivity (Wildman–Crippen MR) is 64.4 cm³/mol. The SMILES string of the molecule is CC(C)S1(=O)=N[C@@H](c2ccccc2)CC1. The van der Waals surface area contributed by atoms with Crippen molar-refractivity contribution in [3.05, 3.63) is 35.9 Å². The molecule has 1 heterocycles. The average molecular weight is 223 g/mol. The molecular formula is C12H17NOS. The van der Waals surface area contributed by atoms with Crippen molar-refractivity contribution >= 4 is 9.73 Å². The highest BCUT2D eigenvalue weighted by molar-refractivity contribution is 7.94. The van der Waals surface area contributed by atoms with Crippen LogP contribution in [0.2, 0.25) is 0 Å². The van der Waals surface area contributed by atoms with E-state index in [1.165, 1.54) is 5.56 Å². The van der Waals surface area contributed by atoms with Gasteiger partial charge < -0.3 is 0 Å². The molecule has 1 aromatic rings. The Labute approximate surface area is 91.9 Å². The molecule has 0 N–H and O–H groups in total. The summed E-state index contributed by atoms with van der Waals surface area (Å²) in [5, 5.41) is 0.172. The smallest absolute Gasteiger partial charge is 0.0852 e. The summed E-state index contributed by atoms with van der Waals surface area (Å²) in [4.78, 5) is 0. The maximum Gasteiger partial charge on any atom is 0.0852 e. The number of rotatable bonds is 2. The molecule has 2 nitrogen and oxygen atoms in total. The largest absolute Gasteiger partial charge is 0.249 e. The molecule has 0 aliphatic carbocycles. The van der Waals surface area contributed by atoms with Crippen molar-refractivity contribution in [3.63, 3.8) is 0 Å². The van der Waals surface area contributed by atoms with Crippen molar-refractivity contribution in [3.8, 4) is 0 Å². The maximum absolute atomic E-state index is 12.3. The van der Waals surface area contributed by atoms with Gasteiger partial charge in [-0.2, -0.15) is 0 Å². The van der Waals surface area contributed by atoms with Crippen molar-refractivity contribution in [2.75, 3.05) is 5.75 Å². The van der Waals surface area contributed by atoms with Gasteiger partial charge in [0.05, 0.1) is 6.04 Å². The van der Waals surface area contributed by atoms with E-state index in [0.717, 1.165) is 12.2 Å². The fourth-order valence-electron chi connectivity index (χ4n) is 1.86. The minimum absolute atomic E-state index is 0.154. The summed E-state index contributed by atoms with van der Waals surface area (Å²) in [6, 6.07) is 10.3. The third-order valence-electron chi connectivity index (χ3n) is 2.91. The summed E-state index contributed by atoms with van der Waals surface area (Å²) >= 11 is 0. The summed E-state index contributed by atoms with van der Waals surface area (Å²) in [5.41, 5.74) is 1.20. The van der Waals surface area contributed by atoms with Crippen molar-refractivity contribution in [1.82, 2.24) is 0 Å². The van der Waals surface area contributed by atoms with Gasteiger partial charge in [0.2, 0.25) is 0 Å². The van der Waals surface area contributed by atoms with Crippen molar-refractivity contribution in [1.29, 1.82) is 0 Å². The van der Waals surface area contributed by atoms with Gasteiger partial charge in [-0.05, 0) is 12.0 Å². The first kappa shape index (κ1) is 10.7. The average Bonchev–Trinajstić information content (AvgIpc) is 2.64. The van der Waals surface area contributed by atoms with Gasteiger partial charge in [-0.25, -0.2) is 8.57 Å². The molecule has 1 unspecified atom stereocenters. The Balaban J connectivity index is 2.31. The third-order valence-corrected chi connectivity index (χ3v) is 5.82. The Morgan fingerprint density at radius 1 is 1.33 bits per heavy atom. The Bertz CT molecular complexity index is 444. The van der Waals surface area contributed by atoms with Crippen LogP contribution in [0.15, 0.2) is 34.7 Å². The van der Waals surface area contributed by atoms with Crippen molar-refractivity contribution in [2.45, 2.75) is 31.6 Å². The standard InChI is InChI=1S/C12H17NOS/c1-10(2)15(14)9-8-12(13-15)11-6-4-3-5-7-11/h3-7,10,12H,8-9H2,1-2H3/t12-,15?/m1/s1. The molecule has 1 aliphatic heterocycles. The van der Waals surface area contributed by atoms with Crippen molar-refractivity contribution in [2.24, 2.45) is 4.36 Å². The van der Waals surface area contributed by atoms with Gasteiger partial charge in [-0.1, -0.05) is 44.2 Å². The third kappa shape index (κ3) is 2.07. The highest BCUT2D eigenvalue weighted by atomic mass is 32.2. The summed E-state index contributed by atoms with van der Waals surface area (Å²) in [7, 11) is -1.94. The van der Waals surface area contributed by atoms with Gasteiger partial charge in [0.15, 0.2) is 0 Å². The van der Waals surface area contributed by atoms with Gasteiger partial charge in [0.1, 0.15) is 0 Å². The second-order valence-electron chi connectivity index (χ2n) is 4.26. The molecule has 15 heavy (non-hydrogen) atoms. The minimum Gasteiger partial charge on any atom is -0.249 e. The highest BCUT2D eigenvalue weighted by Crippen LogP contribution is 2.31. The molecule has 0 saturated heterocycles. The number of benzene rings is 1. The van der Waals surface area contributed by atoms with E-state index in [2.05, 4.69) is 16.5 Å². The predicted octanol–water partition coefficient (Wildman–Crippen LogP) is 3.01. The first-order chi connectivity index (χ1) is 7.12. The number of nitrogens with zero attached hydrogens (tertiary/aromatic N) is 1. The van der Waals surface area contributed by atoms with E-state index in [1.54, 1.807) is 0 Å². The van der Waals surface area contributed by atoms with Crippen LogP contribution < -0.4 is 0 Å². The van der Waals surface area contributed by atoms with Gasteiger partial charge in [0, 0.05) is 20.7 Å². The van der Waals surface area contributed by atoms with E-state index in [9.17, 15) is 4.21 Å². The summed E-state index contributed by atoms with van der Waals surface area (Å²) < 4.78 is 16.8. The molecule has 1 aliphatic rings. The van der Waals surface area contributed by atoms with Crippen LogP contribution in [0.1, 0.15) is 31.9 Å². The lowest BCUT2D eigenvalue weighted by Crippen LogP contribution is -2.13. The number of hydrogen-bond donors (Lipinski definition) is 0. The Hall–Kier alpha value is -0.830. The van der Waals surface area contributed by atoms with E-state index < -0.39 is 9.73 Å². The van der Waals surface area contributed by atoms with Gasteiger partial charge >= 0.3 is 0 Å². The fourth-order valence-corrected chi connectivity index (χ4v) is 3.90. The van der Waals surface area contributed by atoms with Crippen LogP contribution in [0.4, 0.5) is 0 Å². The molecule has 0 radical (unpaired) electrons. The molecule has 82 valence electrons. The van der Waals surface area contributed by atoms with Crippen LogP contribution >= 0.6 is 0 Å². The van der Waals surface area contributed by atoms with E-state index in [1.807, 2.05) is 32.0 Å². The zero-order chi connectivity index (χ0) is 10.9. The molecule has 0 amide bonds. The normalized spacial score (nSPS) is 30.5. The first-order valence-corrected chi connectivity index (χ1v) is 7.14. The van der Waals surface area contributed by atoms with E-state index >= 15 is 0 Å². The molecule has 0 spiro atoms. The summed E-state index contributed by atoms with van der Waals surface area (Å²) in [6.45, 7) is 4.00. The molecule has 0 fully saturated rings. The van der Waals surface area contributed by atoms with Gasteiger partial charge in [-0.15, -0.1) is 0 Å². The Kier molecular flexibility index (Phi) is 2.83. The summed E-state index contributed by atoms with van der Waals surface area (Å²) in [6.07, 6.45) is 0.932. The minimum atomic E-state index is -1.94.